The predicted octanol–water partition coefficient (Wildman–Crippen LogP) is 17.5. The van der Waals surface area contributed by atoms with Crippen LogP contribution in [0.5, 0.6) is 0 Å². The molecule has 62 heavy (non-hydrogen) atoms. The van der Waals surface area contributed by atoms with Crippen molar-refractivity contribution in [3.63, 3.8) is 0 Å². The molecular weight excluding hydrogens is 763 g/mol. The molecule has 0 aliphatic heterocycles. The predicted molar refractivity (Wildman–Crippen MR) is 273 cm³/mol. The van der Waals surface area contributed by atoms with Gasteiger partial charge in [-0.1, -0.05) is 315 Å². The standard InChI is InChI=1S/C57H113NO4/c1-3-5-7-9-11-13-15-17-19-21-23-25-26-27-28-29-30-31-32-34-36-38-40-42-44-46-48-50-52-56(61)57(62)58-54(53-59)55(60)51-49-47-45-43-41-39-37-35-33-24-22-20-18-16-14-12-10-8-6-4-2/h49,51,54-56,59-61H,3-48,50,52-53H2,1-2H3,(H,58,62)/b51-49+. The molecule has 0 rings (SSSR count). The Labute approximate surface area is 389 Å². The molecule has 0 radical (unpaired) electrons. The van der Waals surface area contributed by atoms with Gasteiger partial charge in [-0.3, -0.25) is 4.79 Å². The van der Waals surface area contributed by atoms with Crippen molar-refractivity contribution < 1.29 is 20.1 Å². The van der Waals surface area contributed by atoms with E-state index in [9.17, 15) is 20.1 Å². The minimum absolute atomic E-state index is 0.358. The molecule has 0 aliphatic carbocycles. The van der Waals surface area contributed by atoms with E-state index < -0.39 is 24.2 Å². The molecule has 0 heterocycles. The number of aliphatic hydroxyl groups is 3. The molecule has 5 heteroatoms. The lowest BCUT2D eigenvalue weighted by molar-refractivity contribution is -0.131. The molecule has 5 nitrogen and oxygen atoms in total. The third kappa shape index (κ3) is 47.1. The normalized spacial score (nSPS) is 13.3. The van der Waals surface area contributed by atoms with Crippen LogP contribution < -0.4 is 5.32 Å². The largest absolute Gasteiger partial charge is 0.394 e. The van der Waals surface area contributed by atoms with Gasteiger partial charge in [-0.2, -0.15) is 0 Å². The van der Waals surface area contributed by atoms with Gasteiger partial charge in [-0.25, -0.2) is 0 Å². The number of unbranched alkanes of at least 4 members (excludes halogenated alkanes) is 45. The minimum atomic E-state index is -1.09. The van der Waals surface area contributed by atoms with Gasteiger partial charge >= 0.3 is 0 Å². The van der Waals surface area contributed by atoms with Crippen molar-refractivity contribution in [3.05, 3.63) is 12.2 Å². The summed E-state index contributed by atoms with van der Waals surface area (Å²) in [5.74, 6) is -0.495. The van der Waals surface area contributed by atoms with Gasteiger partial charge in [-0.05, 0) is 19.3 Å². The van der Waals surface area contributed by atoms with E-state index in [0.29, 0.717) is 6.42 Å². The summed E-state index contributed by atoms with van der Waals surface area (Å²) in [6.07, 6.45) is 65.8. The van der Waals surface area contributed by atoms with Gasteiger partial charge in [0.1, 0.15) is 6.10 Å². The van der Waals surface area contributed by atoms with E-state index in [2.05, 4.69) is 19.2 Å². The highest BCUT2D eigenvalue weighted by Gasteiger charge is 2.22. The number of aliphatic hydroxyl groups excluding tert-OH is 3. The van der Waals surface area contributed by atoms with E-state index in [0.717, 1.165) is 32.1 Å². The van der Waals surface area contributed by atoms with Crippen LogP contribution in [0.25, 0.3) is 0 Å². The Hall–Kier alpha value is -0.910. The summed E-state index contributed by atoms with van der Waals surface area (Å²) in [7, 11) is 0. The Kier molecular flexibility index (Phi) is 51.9. The monoisotopic (exact) mass is 876 g/mol. The van der Waals surface area contributed by atoms with Crippen LogP contribution >= 0.6 is 0 Å². The number of carbonyl (C=O) groups excluding carboxylic acids is 1. The van der Waals surface area contributed by atoms with Crippen molar-refractivity contribution >= 4 is 5.91 Å². The van der Waals surface area contributed by atoms with Gasteiger partial charge in [-0.15, -0.1) is 0 Å². The number of hydrogen-bond acceptors (Lipinski definition) is 4. The number of allylic oxidation sites excluding steroid dienone is 1. The van der Waals surface area contributed by atoms with Crippen LogP contribution in [0.4, 0.5) is 0 Å². The van der Waals surface area contributed by atoms with Gasteiger partial charge in [0, 0.05) is 0 Å². The SMILES string of the molecule is CCCCCCCCCCCCCCCCCCCC/C=C/C(O)C(CO)NC(=O)C(O)CCCCCCCCCCCCCCCCCCCCCCCCCCCCCC. The fourth-order valence-electron chi connectivity index (χ4n) is 9.19. The van der Waals surface area contributed by atoms with E-state index in [-0.39, 0.29) is 6.61 Å². The molecule has 0 aromatic carbocycles. The topological polar surface area (TPSA) is 89.8 Å². The van der Waals surface area contributed by atoms with Crippen molar-refractivity contribution in [2.75, 3.05) is 6.61 Å². The van der Waals surface area contributed by atoms with E-state index in [4.69, 9.17) is 0 Å². The smallest absolute Gasteiger partial charge is 0.249 e. The van der Waals surface area contributed by atoms with Crippen LogP contribution in [0.15, 0.2) is 12.2 Å². The quantitative estimate of drug-likeness (QED) is 0.0362. The summed E-state index contributed by atoms with van der Waals surface area (Å²) < 4.78 is 0. The highest BCUT2D eigenvalue weighted by Crippen LogP contribution is 2.18. The highest BCUT2D eigenvalue weighted by atomic mass is 16.3. The second-order valence-corrected chi connectivity index (χ2v) is 19.9. The van der Waals surface area contributed by atoms with Gasteiger partial charge in [0.25, 0.3) is 0 Å². The molecule has 3 atom stereocenters. The lowest BCUT2D eigenvalue weighted by Crippen LogP contribution is -2.48. The number of rotatable bonds is 53. The Morgan fingerprint density at radius 1 is 0.387 bits per heavy atom. The summed E-state index contributed by atoms with van der Waals surface area (Å²) in [5.41, 5.74) is 0. The molecule has 0 saturated carbocycles. The van der Waals surface area contributed by atoms with Crippen molar-refractivity contribution in [1.29, 1.82) is 0 Å². The maximum Gasteiger partial charge on any atom is 0.249 e. The third-order valence-electron chi connectivity index (χ3n) is 13.6. The van der Waals surface area contributed by atoms with Gasteiger partial charge in [0.05, 0.1) is 18.8 Å². The van der Waals surface area contributed by atoms with Crippen molar-refractivity contribution in [1.82, 2.24) is 5.32 Å². The summed E-state index contributed by atoms with van der Waals surface area (Å²) in [5, 5.41) is 33.4. The first-order chi connectivity index (χ1) is 30.6. The summed E-state index contributed by atoms with van der Waals surface area (Å²) in [4.78, 5) is 12.6. The van der Waals surface area contributed by atoms with Crippen molar-refractivity contribution in [2.45, 2.75) is 340 Å². The number of carbonyl (C=O) groups is 1. The molecule has 0 aromatic heterocycles. The third-order valence-corrected chi connectivity index (χ3v) is 13.6. The maximum atomic E-state index is 12.6. The van der Waals surface area contributed by atoms with Crippen LogP contribution in [0.1, 0.15) is 322 Å². The zero-order valence-corrected chi connectivity index (χ0v) is 42.3. The Balaban J connectivity index is 3.52. The molecule has 0 spiro atoms. The van der Waals surface area contributed by atoms with Crippen LogP contribution in [-0.2, 0) is 4.79 Å². The van der Waals surface area contributed by atoms with Gasteiger partial charge in [0.15, 0.2) is 0 Å². The first-order valence-corrected chi connectivity index (χ1v) is 28.5. The summed E-state index contributed by atoms with van der Waals surface area (Å²) >= 11 is 0. The maximum absolute atomic E-state index is 12.6. The molecule has 0 saturated heterocycles. The number of hydrogen-bond donors (Lipinski definition) is 4. The van der Waals surface area contributed by atoms with Crippen molar-refractivity contribution in [3.8, 4) is 0 Å². The minimum Gasteiger partial charge on any atom is -0.394 e. The Morgan fingerprint density at radius 2 is 0.629 bits per heavy atom. The van der Waals surface area contributed by atoms with Gasteiger partial charge in [0.2, 0.25) is 5.91 Å². The molecule has 0 aromatic rings. The van der Waals surface area contributed by atoms with Crippen LogP contribution in [0, 0.1) is 0 Å². The van der Waals surface area contributed by atoms with Crippen LogP contribution in [0.3, 0.4) is 0 Å². The zero-order chi connectivity index (χ0) is 45.1. The van der Waals surface area contributed by atoms with Crippen LogP contribution in [-0.4, -0.2) is 46.1 Å². The fraction of sp³-hybridized carbons (Fsp3) is 0.947. The molecule has 1 amide bonds. The van der Waals surface area contributed by atoms with Gasteiger partial charge < -0.3 is 20.6 Å². The molecule has 0 fully saturated rings. The average molecular weight is 877 g/mol. The summed E-state index contributed by atoms with van der Waals surface area (Å²) in [6, 6.07) is -0.794. The molecule has 4 N–H and O–H groups in total. The Bertz CT molecular complexity index is 879. The van der Waals surface area contributed by atoms with Crippen molar-refractivity contribution in [2.24, 2.45) is 0 Å². The first kappa shape index (κ1) is 61.1. The Morgan fingerprint density at radius 3 is 0.887 bits per heavy atom. The number of amides is 1. The lowest BCUT2D eigenvalue weighted by Gasteiger charge is -2.21. The van der Waals surface area contributed by atoms with E-state index in [1.165, 1.54) is 270 Å². The van der Waals surface area contributed by atoms with E-state index >= 15 is 0 Å². The highest BCUT2D eigenvalue weighted by molar-refractivity contribution is 5.80. The molecule has 3 unspecified atom stereocenters. The van der Waals surface area contributed by atoms with Crippen LogP contribution in [0.2, 0.25) is 0 Å². The molecule has 0 bridgehead atoms. The second kappa shape index (κ2) is 52.7. The fourth-order valence-corrected chi connectivity index (χ4v) is 9.19. The first-order valence-electron chi connectivity index (χ1n) is 28.5. The lowest BCUT2D eigenvalue weighted by atomic mass is 10.0. The molecule has 0 aliphatic rings. The number of nitrogens with one attached hydrogen (secondary N) is 1. The summed E-state index contributed by atoms with van der Waals surface area (Å²) in [6.45, 7) is 4.23. The second-order valence-electron chi connectivity index (χ2n) is 19.9. The average Bonchev–Trinajstić information content (AvgIpc) is 3.28. The zero-order valence-electron chi connectivity index (χ0n) is 42.3. The van der Waals surface area contributed by atoms with E-state index in [1.54, 1.807) is 6.08 Å². The van der Waals surface area contributed by atoms with E-state index in [1.807, 2.05) is 6.08 Å². The molecule has 370 valence electrons. The molecular formula is C57H113NO4.